The molecule has 1 N–H and O–H groups in total. The van der Waals surface area contributed by atoms with Crippen molar-refractivity contribution in [2.75, 3.05) is 0 Å². The van der Waals surface area contributed by atoms with Crippen molar-refractivity contribution < 1.29 is 4.79 Å². The molecule has 0 fully saturated rings. The summed E-state index contributed by atoms with van der Waals surface area (Å²) < 4.78 is 0. The molecule has 0 spiro atoms. The monoisotopic (exact) mass is 223 g/mol. The van der Waals surface area contributed by atoms with Crippen molar-refractivity contribution in [1.82, 2.24) is 5.32 Å². The first-order valence-corrected chi connectivity index (χ1v) is 5.81. The highest BCUT2D eigenvalue weighted by atomic mass is 16.1. The molecular weight excluding hydrogens is 198 g/mol. The van der Waals surface area contributed by atoms with Gasteiger partial charge in [0.2, 0.25) is 0 Å². The van der Waals surface area contributed by atoms with Gasteiger partial charge < -0.3 is 5.32 Å². The van der Waals surface area contributed by atoms with E-state index in [9.17, 15) is 4.79 Å². The topological polar surface area (TPSA) is 29.1 Å². The van der Waals surface area contributed by atoms with Gasteiger partial charge in [0, 0.05) is 11.5 Å². The van der Waals surface area contributed by atoms with E-state index in [4.69, 9.17) is 0 Å². The highest BCUT2D eigenvalue weighted by molar-refractivity contribution is 5.98. The minimum atomic E-state index is -0.344. The first-order valence-electron chi connectivity index (χ1n) is 5.81. The highest BCUT2D eigenvalue weighted by Crippen LogP contribution is 2.19. The van der Waals surface area contributed by atoms with E-state index in [-0.39, 0.29) is 17.2 Å². The fraction of sp³-hybridized carbons (Fsp3) is 0.643. The molecule has 0 saturated carbocycles. The predicted molar refractivity (Wildman–Crippen MR) is 70.2 cm³/mol. The number of allylic oxidation sites excluding steroid dienone is 4. The Morgan fingerprint density at radius 1 is 1.12 bits per heavy atom. The average Bonchev–Trinajstić information content (AvgIpc) is 2.08. The molecule has 0 aromatic rings. The minimum absolute atomic E-state index is 0.152. The Balaban J connectivity index is 5.03. The first-order chi connectivity index (χ1) is 7.14. The zero-order chi connectivity index (χ0) is 12.9. The van der Waals surface area contributed by atoms with Crippen molar-refractivity contribution in [2.24, 2.45) is 5.41 Å². The molecule has 0 aliphatic heterocycles. The van der Waals surface area contributed by atoms with Gasteiger partial charge in [-0.05, 0) is 33.8 Å². The number of rotatable bonds is 4. The molecule has 16 heavy (non-hydrogen) atoms. The van der Waals surface area contributed by atoms with Crippen LogP contribution in [-0.4, -0.2) is 11.8 Å². The van der Waals surface area contributed by atoms with Crippen LogP contribution in [0.5, 0.6) is 0 Å². The lowest BCUT2D eigenvalue weighted by Gasteiger charge is -2.21. The zero-order valence-corrected chi connectivity index (χ0v) is 11.6. The van der Waals surface area contributed by atoms with E-state index in [1.54, 1.807) is 0 Å². The van der Waals surface area contributed by atoms with Gasteiger partial charge in [0.05, 0.1) is 5.70 Å². The third kappa shape index (κ3) is 5.74. The van der Waals surface area contributed by atoms with Crippen LogP contribution >= 0.6 is 0 Å². The molecule has 0 heterocycles. The van der Waals surface area contributed by atoms with E-state index >= 15 is 0 Å². The van der Waals surface area contributed by atoms with Crippen LogP contribution in [0, 0.1) is 5.41 Å². The van der Waals surface area contributed by atoms with E-state index in [2.05, 4.69) is 5.32 Å². The number of carbonyl (C=O) groups is 1. The lowest BCUT2D eigenvalue weighted by atomic mass is 9.88. The first kappa shape index (κ1) is 14.9. The molecule has 0 radical (unpaired) electrons. The van der Waals surface area contributed by atoms with Crippen LogP contribution < -0.4 is 5.32 Å². The fourth-order valence-electron chi connectivity index (χ4n) is 1.15. The lowest BCUT2D eigenvalue weighted by Crippen LogP contribution is -2.33. The Morgan fingerprint density at radius 3 is 1.94 bits per heavy atom. The molecule has 2 heteroatoms. The SMILES string of the molecule is CC(C)=C/C=C(/NC(C)C)C(=O)C(C)(C)C. The maximum atomic E-state index is 12.2. The van der Waals surface area contributed by atoms with E-state index in [1.165, 1.54) is 5.57 Å². The quantitative estimate of drug-likeness (QED) is 0.584. The zero-order valence-electron chi connectivity index (χ0n) is 11.6. The molecule has 0 aliphatic rings. The standard InChI is InChI=1S/C14H25NO/c1-10(2)8-9-12(15-11(3)4)13(16)14(5,6)7/h8-9,11,15H,1-7H3/b12-9+. The van der Waals surface area contributed by atoms with Gasteiger partial charge >= 0.3 is 0 Å². The van der Waals surface area contributed by atoms with Crippen molar-refractivity contribution in [3.63, 3.8) is 0 Å². The largest absolute Gasteiger partial charge is 0.380 e. The van der Waals surface area contributed by atoms with Gasteiger partial charge in [0.15, 0.2) is 5.78 Å². The van der Waals surface area contributed by atoms with Crippen molar-refractivity contribution in [3.8, 4) is 0 Å². The Hall–Kier alpha value is -1.05. The molecule has 0 unspecified atom stereocenters. The van der Waals surface area contributed by atoms with Crippen molar-refractivity contribution in [1.29, 1.82) is 0 Å². The van der Waals surface area contributed by atoms with Gasteiger partial charge in [-0.2, -0.15) is 0 Å². The Labute approximate surface area is 99.8 Å². The van der Waals surface area contributed by atoms with Crippen LogP contribution in [0.4, 0.5) is 0 Å². The average molecular weight is 223 g/mol. The molecule has 0 aliphatic carbocycles. The van der Waals surface area contributed by atoms with Crippen LogP contribution in [-0.2, 0) is 4.79 Å². The number of carbonyl (C=O) groups excluding carboxylic acids is 1. The molecular formula is C14H25NO. The Bertz CT molecular complexity index is 299. The maximum Gasteiger partial charge on any atom is 0.183 e. The minimum Gasteiger partial charge on any atom is -0.380 e. The van der Waals surface area contributed by atoms with Crippen molar-refractivity contribution in [3.05, 3.63) is 23.4 Å². The third-order valence-corrected chi connectivity index (χ3v) is 1.95. The van der Waals surface area contributed by atoms with E-state index in [1.807, 2.05) is 60.6 Å². The summed E-state index contributed by atoms with van der Waals surface area (Å²) in [5.74, 6) is 0.152. The second-order valence-electron chi connectivity index (χ2n) is 5.70. The summed E-state index contributed by atoms with van der Waals surface area (Å²) in [5, 5.41) is 3.21. The smallest absolute Gasteiger partial charge is 0.183 e. The van der Waals surface area contributed by atoms with Crippen molar-refractivity contribution >= 4 is 5.78 Å². The van der Waals surface area contributed by atoms with Crippen LogP contribution in [0.3, 0.4) is 0 Å². The maximum absolute atomic E-state index is 12.2. The molecule has 2 nitrogen and oxygen atoms in total. The molecule has 0 aromatic heterocycles. The molecule has 92 valence electrons. The van der Waals surface area contributed by atoms with Crippen LogP contribution in [0.15, 0.2) is 23.4 Å². The molecule has 0 bridgehead atoms. The molecule has 0 rings (SSSR count). The van der Waals surface area contributed by atoms with Gasteiger partial charge in [-0.1, -0.05) is 32.4 Å². The number of ketones is 1. The summed E-state index contributed by atoms with van der Waals surface area (Å²) in [6.45, 7) is 13.9. The van der Waals surface area contributed by atoms with Crippen LogP contribution in [0.1, 0.15) is 48.5 Å². The molecule has 0 atom stereocenters. The summed E-state index contributed by atoms with van der Waals surface area (Å²) in [6.07, 6.45) is 3.84. The van der Waals surface area contributed by atoms with E-state index < -0.39 is 0 Å². The number of hydrogen-bond donors (Lipinski definition) is 1. The lowest BCUT2D eigenvalue weighted by molar-refractivity contribution is -0.122. The highest BCUT2D eigenvalue weighted by Gasteiger charge is 2.24. The van der Waals surface area contributed by atoms with Gasteiger partial charge in [-0.15, -0.1) is 0 Å². The normalized spacial score (nSPS) is 12.6. The third-order valence-electron chi connectivity index (χ3n) is 1.95. The van der Waals surface area contributed by atoms with Crippen LogP contribution in [0.2, 0.25) is 0 Å². The second kappa shape index (κ2) is 5.88. The van der Waals surface area contributed by atoms with Gasteiger partial charge in [-0.25, -0.2) is 0 Å². The fourth-order valence-corrected chi connectivity index (χ4v) is 1.15. The summed E-state index contributed by atoms with van der Waals surface area (Å²) >= 11 is 0. The number of nitrogens with one attached hydrogen (secondary N) is 1. The van der Waals surface area contributed by atoms with E-state index in [0.717, 1.165) is 0 Å². The summed E-state index contributed by atoms with van der Waals surface area (Å²) in [6, 6.07) is 0.267. The molecule has 0 saturated heterocycles. The summed E-state index contributed by atoms with van der Waals surface area (Å²) in [4.78, 5) is 12.2. The molecule has 0 amide bonds. The molecule has 0 aromatic carbocycles. The second-order valence-corrected chi connectivity index (χ2v) is 5.70. The summed E-state index contributed by atoms with van der Waals surface area (Å²) in [5.41, 5.74) is 1.54. The van der Waals surface area contributed by atoms with Gasteiger partial charge in [-0.3, -0.25) is 4.79 Å². The Morgan fingerprint density at radius 2 is 1.62 bits per heavy atom. The van der Waals surface area contributed by atoms with Crippen molar-refractivity contribution in [2.45, 2.75) is 54.5 Å². The summed E-state index contributed by atoms with van der Waals surface area (Å²) in [7, 11) is 0. The van der Waals surface area contributed by atoms with Crippen LogP contribution in [0.25, 0.3) is 0 Å². The predicted octanol–water partition coefficient (Wildman–Crippen LogP) is 3.45. The van der Waals surface area contributed by atoms with E-state index in [0.29, 0.717) is 5.70 Å². The Kier molecular flexibility index (Phi) is 5.49. The van der Waals surface area contributed by atoms with Gasteiger partial charge in [0.25, 0.3) is 0 Å². The number of hydrogen-bond acceptors (Lipinski definition) is 2. The number of Topliss-reactive ketones (excluding diaryl/α,β-unsaturated/α-hetero) is 1. The van der Waals surface area contributed by atoms with Gasteiger partial charge in [0.1, 0.15) is 0 Å².